The number of thioether (sulfide) groups is 1. The molecule has 2 atom stereocenters. The highest BCUT2D eigenvalue weighted by Crippen LogP contribution is 2.38. The Morgan fingerprint density at radius 2 is 2.32 bits per heavy atom. The molecule has 0 amide bonds. The van der Waals surface area contributed by atoms with Crippen LogP contribution in [0.2, 0.25) is 0 Å². The van der Waals surface area contributed by atoms with Crippen molar-refractivity contribution in [2.45, 2.75) is 30.6 Å². The Bertz CT molecular complexity index is 566. The van der Waals surface area contributed by atoms with Gasteiger partial charge < -0.3 is 10.3 Å². The van der Waals surface area contributed by atoms with Crippen LogP contribution in [0.25, 0.3) is 11.3 Å². The van der Waals surface area contributed by atoms with Crippen LogP contribution < -0.4 is 5.73 Å². The number of nitrogens with zero attached hydrogens (tertiary/aromatic N) is 3. The zero-order valence-corrected chi connectivity index (χ0v) is 11.8. The van der Waals surface area contributed by atoms with Crippen LogP contribution in [-0.2, 0) is 0 Å². The van der Waals surface area contributed by atoms with Crippen LogP contribution in [-0.4, -0.2) is 26.0 Å². The Balaban J connectivity index is 1.93. The fraction of sp³-hybridized carbons (Fsp3) is 0.429. The monoisotopic (exact) mass is 274 g/mol. The van der Waals surface area contributed by atoms with Gasteiger partial charge in [0.25, 0.3) is 0 Å². The van der Waals surface area contributed by atoms with Crippen LogP contribution in [0.5, 0.6) is 0 Å². The molecule has 2 N–H and O–H groups in total. The molecule has 2 aromatic rings. The van der Waals surface area contributed by atoms with Crippen molar-refractivity contribution in [3.8, 4) is 11.3 Å². The van der Waals surface area contributed by atoms with E-state index in [1.807, 2.05) is 36.4 Å². The van der Waals surface area contributed by atoms with E-state index in [0.29, 0.717) is 11.9 Å². The molecule has 0 aromatic carbocycles. The van der Waals surface area contributed by atoms with E-state index in [1.54, 1.807) is 6.20 Å². The molecular weight excluding hydrogens is 256 g/mol. The van der Waals surface area contributed by atoms with Crippen LogP contribution in [0.4, 0.5) is 5.82 Å². The zero-order valence-electron chi connectivity index (χ0n) is 11.0. The standard InChI is InChI=1S/C14H18N4S/c1-19-11-5-4-10(7-11)18-9-16-8-13(18)12-3-2-6-17-14(12)15/h2-3,6,8-11H,4-5,7H2,1H3,(H2,15,17). The maximum atomic E-state index is 5.98. The first-order valence-electron chi connectivity index (χ1n) is 6.55. The summed E-state index contributed by atoms with van der Waals surface area (Å²) in [5.41, 5.74) is 8.04. The number of anilines is 1. The number of pyridine rings is 1. The van der Waals surface area contributed by atoms with Crippen LogP contribution in [0, 0.1) is 0 Å². The largest absolute Gasteiger partial charge is 0.383 e. The number of nitrogens with two attached hydrogens (primary N) is 1. The van der Waals surface area contributed by atoms with Gasteiger partial charge in [-0.2, -0.15) is 11.8 Å². The first-order valence-corrected chi connectivity index (χ1v) is 7.84. The SMILES string of the molecule is CSC1CCC(n2cncc2-c2cccnc2N)C1. The predicted molar refractivity (Wildman–Crippen MR) is 80.1 cm³/mol. The fourth-order valence-corrected chi connectivity index (χ4v) is 3.61. The van der Waals surface area contributed by atoms with E-state index in [-0.39, 0.29) is 0 Å². The highest BCUT2D eigenvalue weighted by molar-refractivity contribution is 7.99. The lowest BCUT2D eigenvalue weighted by molar-refractivity contribution is 0.524. The molecule has 0 saturated heterocycles. The van der Waals surface area contributed by atoms with E-state index < -0.39 is 0 Å². The molecule has 1 aliphatic carbocycles. The van der Waals surface area contributed by atoms with Gasteiger partial charge in [0.05, 0.1) is 18.2 Å². The van der Waals surface area contributed by atoms with Crippen molar-refractivity contribution in [2.24, 2.45) is 0 Å². The van der Waals surface area contributed by atoms with Crippen LogP contribution >= 0.6 is 11.8 Å². The molecule has 0 aliphatic heterocycles. The van der Waals surface area contributed by atoms with Gasteiger partial charge in [0.2, 0.25) is 0 Å². The highest BCUT2D eigenvalue weighted by atomic mass is 32.2. The summed E-state index contributed by atoms with van der Waals surface area (Å²) in [5.74, 6) is 0.573. The van der Waals surface area contributed by atoms with E-state index in [1.165, 1.54) is 19.3 Å². The Hall–Kier alpha value is -1.49. The molecule has 5 heteroatoms. The fourth-order valence-electron chi connectivity index (χ4n) is 2.82. The number of hydrogen-bond donors (Lipinski definition) is 1. The lowest BCUT2D eigenvalue weighted by atomic mass is 10.1. The van der Waals surface area contributed by atoms with E-state index in [2.05, 4.69) is 20.8 Å². The molecule has 1 fully saturated rings. The Labute approximate surface area is 117 Å². The van der Waals surface area contributed by atoms with E-state index in [0.717, 1.165) is 16.5 Å². The number of nitrogen functional groups attached to an aromatic ring is 1. The average Bonchev–Trinajstić information content (AvgIpc) is 3.07. The minimum Gasteiger partial charge on any atom is -0.383 e. The number of hydrogen-bond acceptors (Lipinski definition) is 4. The summed E-state index contributed by atoms with van der Waals surface area (Å²) >= 11 is 1.97. The highest BCUT2D eigenvalue weighted by Gasteiger charge is 2.26. The zero-order chi connectivity index (χ0) is 13.2. The molecule has 0 bridgehead atoms. The number of rotatable bonds is 3. The van der Waals surface area contributed by atoms with Crippen molar-refractivity contribution in [3.05, 3.63) is 30.9 Å². The summed E-state index contributed by atoms with van der Waals surface area (Å²) < 4.78 is 2.27. The third-order valence-electron chi connectivity index (χ3n) is 3.86. The van der Waals surface area contributed by atoms with Gasteiger partial charge in [-0.3, -0.25) is 0 Å². The second-order valence-corrected chi connectivity index (χ2v) is 6.09. The van der Waals surface area contributed by atoms with Crippen LogP contribution in [0.3, 0.4) is 0 Å². The number of aromatic nitrogens is 3. The van der Waals surface area contributed by atoms with Gasteiger partial charge in [0.1, 0.15) is 5.82 Å². The third kappa shape index (κ3) is 2.34. The lowest BCUT2D eigenvalue weighted by Crippen LogP contribution is -2.07. The van der Waals surface area contributed by atoms with Gasteiger partial charge >= 0.3 is 0 Å². The van der Waals surface area contributed by atoms with E-state index in [9.17, 15) is 0 Å². The van der Waals surface area contributed by atoms with Gasteiger partial charge in [-0.1, -0.05) is 0 Å². The molecule has 3 rings (SSSR count). The van der Waals surface area contributed by atoms with Gasteiger partial charge in [-0.05, 0) is 37.7 Å². The van der Waals surface area contributed by atoms with Gasteiger partial charge in [0.15, 0.2) is 0 Å². The molecule has 4 nitrogen and oxygen atoms in total. The van der Waals surface area contributed by atoms with Crippen molar-refractivity contribution in [2.75, 3.05) is 12.0 Å². The van der Waals surface area contributed by atoms with Crippen LogP contribution in [0.1, 0.15) is 25.3 Å². The Morgan fingerprint density at radius 3 is 3.05 bits per heavy atom. The molecule has 19 heavy (non-hydrogen) atoms. The molecule has 1 aliphatic rings. The molecule has 2 aromatic heterocycles. The summed E-state index contributed by atoms with van der Waals surface area (Å²) in [5, 5.41) is 0.770. The van der Waals surface area contributed by atoms with Gasteiger partial charge in [-0.15, -0.1) is 0 Å². The molecule has 100 valence electrons. The molecule has 2 unspecified atom stereocenters. The van der Waals surface area contributed by atoms with Crippen molar-refractivity contribution >= 4 is 17.6 Å². The maximum absolute atomic E-state index is 5.98. The first kappa shape index (κ1) is 12.5. The Kier molecular flexibility index (Phi) is 3.46. The normalized spacial score (nSPS) is 22.8. The average molecular weight is 274 g/mol. The van der Waals surface area contributed by atoms with Crippen molar-refractivity contribution in [3.63, 3.8) is 0 Å². The Morgan fingerprint density at radius 1 is 1.42 bits per heavy atom. The first-order chi connectivity index (χ1) is 9.29. The summed E-state index contributed by atoms with van der Waals surface area (Å²) in [6.07, 6.45) is 11.4. The molecular formula is C14H18N4S. The van der Waals surface area contributed by atoms with Crippen molar-refractivity contribution in [1.82, 2.24) is 14.5 Å². The quantitative estimate of drug-likeness (QED) is 0.935. The van der Waals surface area contributed by atoms with Gasteiger partial charge in [0, 0.05) is 23.1 Å². The van der Waals surface area contributed by atoms with Crippen molar-refractivity contribution in [1.29, 1.82) is 0 Å². The second-order valence-electron chi connectivity index (χ2n) is 4.95. The summed E-state index contributed by atoms with van der Waals surface area (Å²) in [7, 11) is 0. The number of imidazole rings is 1. The third-order valence-corrected chi connectivity index (χ3v) is 4.96. The van der Waals surface area contributed by atoms with Gasteiger partial charge in [-0.25, -0.2) is 9.97 Å². The minimum absolute atomic E-state index is 0.537. The summed E-state index contributed by atoms with van der Waals surface area (Å²) in [6.45, 7) is 0. The van der Waals surface area contributed by atoms with Crippen molar-refractivity contribution < 1.29 is 0 Å². The van der Waals surface area contributed by atoms with E-state index >= 15 is 0 Å². The molecule has 2 heterocycles. The molecule has 0 radical (unpaired) electrons. The smallest absolute Gasteiger partial charge is 0.132 e. The minimum atomic E-state index is 0.537. The molecule has 0 spiro atoms. The predicted octanol–water partition coefficient (Wildman–Crippen LogP) is 2.98. The lowest BCUT2D eigenvalue weighted by Gasteiger charge is -2.16. The van der Waals surface area contributed by atoms with Crippen LogP contribution in [0.15, 0.2) is 30.9 Å². The topological polar surface area (TPSA) is 56.7 Å². The molecule has 1 saturated carbocycles. The second kappa shape index (κ2) is 5.25. The summed E-state index contributed by atoms with van der Waals surface area (Å²) in [6, 6.07) is 4.47. The van der Waals surface area contributed by atoms with E-state index in [4.69, 9.17) is 5.73 Å². The summed E-state index contributed by atoms with van der Waals surface area (Å²) in [4.78, 5) is 8.47. The maximum Gasteiger partial charge on any atom is 0.132 e.